The Morgan fingerprint density at radius 1 is 1.41 bits per heavy atom. The van der Waals surface area contributed by atoms with E-state index in [1.807, 2.05) is 24.3 Å². The first kappa shape index (κ1) is 20.4. The molecule has 0 aromatic heterocycles. The van der Waals surface area contributed by atoms with Crippen molar-refractivity contribution < 1.29 is 23.6 Å². The van der Waals surface area contributed by atoms with Crippen molar-refractivity contribution in [2.24, 2.45) is 5.73 Å². The molecule has 27 heavy (non-hydrogen) atoms. The molecule has 2 saturated heterocycles. The van der Waals surface area contributed by atoms with E-state index in [0.717, 1.165) is 18.2 Å². The van der Waals surface area contributed by atoms with Crippen LogP contribution in [0, 0.1) is 0 Å². The molecule has 0 bridgehead atoms. The molecule has 1 aromatic rings. The van der Waals surface area contributed by atoms with Crippen molar-refractivity contribution in [2.45, 2.75) is 48.8 Å². The summed E-state index contributed by atoms with van der Waals surface area (Å²) in [5.74, 6) is -1.59. The van der Waals surface area contributed by atoms with Crippen LogP contribution < -0.4 is 11.1 Å². The Labute approximate surface area is 162 Å². The summed E-state index contributed by atoms with van der Waals surface area (Å²) in [5.41, 5.74) is 7.40. The molecule has 2 aliphatic heterocycles. The molecule has 2 fully saturated rings. The average molecular weight is 413 g/mol. The first-order valence-corrected chi connectivity index (χ1v) is 11.1. The van der Waals surface area contributed by atoms with Gasteiger partial charge in [0.15, 0.2) is 0 Å². The topological polar surface area (TPSA) is 122 Å². The summed E-state index contributed by atoms with van der Waals surface area (Å²) in [4.78, 5) is 36.6. The number of nitrogens with two attached hydrogens (primary N) is 1. The van der Waals surface area contributed by atoms with Crippen molar-refractivity contribution in [1.29, 1.82) is 0 Å². The summed E-state index contributed by atoms with van der Waals surface area (Å²) in [6.45, 7) is 3.93. The van der Waals surface area contributed by atoms with Gasteiger partial charge < -0.3 is 25.4 Å². The standard InChI is InChI=1S/C17H24N3O5PS/c1-17(2)16(26(23,24)25-3)20-14(22)13(15(20)27-17)19-12(21)8-10-6-4-5-7-11(10)9-18/h4-7,13,15-16H,8-9,18H2,1-3H3,(H,19,21)(H,23,24)/t13?,15-,16?/m0/s1. The predicted molar refractivity (Wildman–Crippen MR) is 103 cm³/mol. The largest absolute Gasteiger partial charge is 0.351 e. The molecule has 8 nitrogen and oxygen atoms in total. The lowest BCUT2D eigenvalue weighted by Gasteiger charge is -2.45. The summed E-state index contributed by atoms with van der Waals surface area (Å²) >= 11 is 1.39. The number of benzene rings is 1. The van der Waals surface area contributed by atoms with Gasteiger partial charge in [0.1, 0.15) is 17.2 Å². The normalized spacial score (nSPS) is 28.3. The van der Waals surface area contributed by atoms with Gasteiger partial charge in [0.25, 0.3) is 0 Å². The molecule has 0 saturated carbocycles. The molecule has 3 unspecified atom stereocenters. The van der Waals surface area contributed by atoms with Crippen molar-refractivity contribution in [3.8, 4) is 0 Å². The highest BCUT2D eigenvalue weighted by atomic mass is 32.2. The molecule has 4 atom stereocenters. The Morgan fingerprint density at radius 2 is 2.04 bits per heavy atom. The van der Waals surface area contributed by atoms with Gasteiger partial charge >= 0.3 is 7.60 Å². The Bertz CT molecular complexity index is 818. The van der Waals surface area contributed by atoms with Gasteiger partial charge in [-0.25, -0.2) is 0 Å². The number of fused-ring (bicyclic) bond motifs is 1. The summed E-state index contributed by atoms with van der Waals surface area (Å²) in [6, 6.07) is 6.68. The average Bonchev–Trinajstić information content (AvgIpc) is 2.89. The molecule has 2 amide bonds. The second kappa shape index (κ2) is 7.22. The van der Waals surface area contributed by atoms with Gasteiger partial charge in [0, 0.05) is 18.4 Å². The number of amides is 2. The number of hydrogen-bond acceptors (Lipinski definition) is 6. The number of β-lactam (4-membered cyclic amide) rings is 1. The lowest BCUT2D eigenvalue weighted by atomic mass is 10.0. The van der Waals surface area contributed by atoms with Crippen LogP contribution in [0.2, 0.25) is 0 Å². The highest BCUT2D eigenvalue weighted by Gasteiger charge is 2.66. The van der Waals surface area contributed by atoms with Crippen LogP contribution in [-0.4, -0.2) is 50.7 Å². The van der Waals surface area contributed by atoms with E-state index in [2.05, 4.69) is 5.32 Å². The fraction of sp³-hybridized carbons (Fsp3) is 0.529. The van der Waals surface area contributed by atoms with Crippen molar-refractivity contribution in [3.05, 3.63) is 35.4 Å². The van der Waals surface area contributed by atoms with Crippen LogP contribution in [0.5, 0.6) is 0 Å². The fourth-order valence-corrected chi connectivity index (χ4v) is 7.43. The predicted octanol–water partition coefficient (Wildman–Crippen LogP) is 1.02. The van der Waals surface area contributed by atoms with E-state index in [9.17, 15) is 19.0 Å². The molecule has 0 radical (unpaired) electrons. The zero-order valence-electron chi connectivity index (χ0n) is 15.4. The van der Waals surface area contributed by atoms with Crippen LogP contribution in [0.4, 0.5) is 0 Å². The van der Waals surface area contributed by atoms with Crippen LogP contribution in [0.3, 0.4) is 0 Å². The van der Waals surface area contributed by atoms with Gasteiger partial charge in [-0.1, -0.05) is 24.3 Å². The second-order valence-electron chi connectivity index (χ2n) is 7.17. The Morgan fingerprint density at radius 3 is 2.63 bits per heavy atom. The Balaban J connectivity index is 1.71. The van der Waals surface area contributed by atoms with Crippen molar-refractivity contribution >= 4 is 31.2 Å². The van der Waals surface area contributed by atoms with Crippen molar-refractivity contribution in [2.75, 3.05) is 7.11 Å². The number of nitrogens with one attached hydrogen (secondary N) is 1. The molecule has 10 heteroatoms. The third kappa shape index (κ3) is 3.54. The fourth-order valence-electron chi connectivity index (χ4n) is 3.69. The highest BCUT2D eigenvalue weighted by Crippen LogP contribution is 2.64. The van der Waals surface area contributed by atoms with Crippen LogP contribution in [-0.2, 0) is 31.6 Å². The molecule has 3 rings (SSSR count). The van der Waals surface area contributed by atoms with Gasteiger partial charge in [-0.15, -0.1) is 11.8 Å². The lowest BCUT2D eigenvalue weighted by molar-refractivity contribution is -0.149. The lowest BCUT2D eigenvalue weighted by Crippen LogP contribution is -2.69. The molecule has 0 aliphatic carbocycles. The summed E-state index contributed by atoms with van der Waals surface area (Å²) < 4.78 is 16.5. The van der Waals surface area contributed by atoms with Crippen molar-refractivity contribution in [3.63, 3.8) is 0 Å². The summed E-state index contributed by atoms with van der Waals surface area (Å²) in [5, 5.41) is 2.37. The smallest absolute Gasteiger partial charge is 0.341 e. The maximum absolute atomic E-state index is 12.6. The molecule has 0 spiro atoms. The van der Waals surface area contributed by atoms with Gasteiger partial charge in [-0.05, 0) is 25.0 Å². The molecule has 2 heterocycles. The van der Waals surface area contributed by atoms with Gasteiger partial charge in [-0.2, -0.15) is 0 Å². The minimum Gasteiger partial charge on any atom is -0.341 e. The molecule has 1 aromatic carbocycles. The van der Waals surface area contributed by atoms with Crippen LogP contribution in [0.15, 0.2) is 24.3 Å². The number of carbonyl (C=O) groups excluding carboxylic acids is 2. The number of thioether (sulfide) groups is 1. The Hall–Kier alpha value is -1.38. The van der Waals surface area contributed by atoms with E-state index in [-0.39, 0.29) is 23.6 Å². The first-order chi connectivity index (χ1) is 12.6. The SMILES string of the molecule is COP(=O)(O)C1N2C(=O)C(NC(=O)Cc3ccccc3CN)[C@@H]2SC1(C)C. The van der Waals surface area contributed by atoms with E-state index in [0.29, 0.717) is 6.54 Å². The number of rotatable bonds is 6. The number of carbonyl (C=O) groups is 2. The third-order valence-corrected chi connectivity index (χ3v) is 8.75. The molecular formula is C17H24N3O5PS. The third-order valence-electron chi connectivity index (χ3n) is 4.97. The molecule has 148 valence electrons. The maximum Gasteiger partial charge on any atom is 0.351 e. The van der Waals surface area contributed by atoms with E-state index in [4.69, 9.17) is 10.3 Å². The summed E-state index contributed by atoms with van der Waals surface area (Å²) in [7, 11) is -2.83. The maximum atomic E-state index is 12.6. The van der Waals surface area contributed by atoms with Gasteiger partial charge in [-0.3, -0.25) is 14.2 Å². The van der Waals surface area contributed by atoms with Crippen LogP contribution in [0.25, 0.3) is 0 Å². The number of nitrogens with zero attached hydrogens (tertiary/aromatic N) is 1. The highest BCUT2D eigenvalue weighted by molar-refractivity contribution is 8.02. The Kier molecular flexibility index (Phi) is 5.44. The van der Waals surface area contributed by atoms with E-state index >= 15 is 0 Å². The number of hydrogen-bond donors (Lipinski definition) is 3. The monoisotopic (exact) mass is 413 g/mol. The van der Waals surface area contributed by atoms with E-state index < -0.39 is 24.2 Å². The minimum absolute atomic E-state index is 0.123. The minimum atomic E-state index is -3.99. The molecule has 4 N–H and O–H groups in total. The van der Waals surface area contributed by atoms with Gasteiger partial charge in [0.05, 0.1) is 6.42 Å². The van der Waals surface area contributed by atoms with Crippen molar-refractivity contribution in [1.82, 2.24) is 10.2 Å². The first-order valence-electron chi connectivity index (χ1n) is 8.57. The van der Waals surface area contributed by atoms with E-state index in [1.165, 1.54) is 16.7 Å². The zero-order valence-corrected chi connectivity index (χ0v) is 17.1. The zero-order chi connectivity index (χ0) is 20.0. The van der Waals surface area contributed by atoms with Crippen LogP contribution >= 0.6 is 19.4 Å². The second-order valence-corrected chi connectivity index (χ2v) is 10.9. The van der Waals surface area contributed by atoms with Crippen LogP contribution in [0.1, 0.15) is 25.0 Å². The quantitative estimate of drug-likeness (QED) is 0.470. The molecule has 2 aliphatic rings. The molecular weight excluding hydrogens is 389 g/mol. The van der Waals surface area contributed by atoms with E-state index in [1.54, 1.807) is 13.8 Å². The summed E-state index contributed by atoms with van der Waals surface area (Å²) in [6.07, 6.45) is 0.123. The van der Waals surface area contributed by atoms with Gasteiger partial charge in [0.2, 0.25) is 11.8 Å².